The van der Waals surface area contributed by atoms with Crippen LogP contribution < -0.4 is 0 Å². The Kier molecular flexibility index (Phi) is 13.6. The molecular weight excluding hydrogens is 469 g/mol. The minimum atomic E-state index is -0.345. The van der Waals surface area contributed by atoms with E-state index in [1.54, 1.807) is 0 Å². The lowest BCUT2D eigenvalue weighted by Gasteiger charge is -2.32. The Hall–Kier alpha value is 0.340. The number of carbonyl (C=O) groups excluding carboxylic acids is 2. The van der Waals surface area contributed by atoms with E-state index in [4.69, 9.17) is 9.47 Å². The normalized spacial score (nSPS) is 18.1. The zero-order valence-electron chi connectivity index (χ0n) is 19.4. The third-order valence-corrected chi connectivity index (χ3v) is 11.8. The predicted octanol–water partition coefficient (Wildman–Crippen LogP) is 6.88. The molecule has 2 aliphatic heterocycles. The Morgan fingerprint density at radius 1 is 0.774 bits per heavy atom. The molecule has 0 saturated carbocycles. The second kappa shape index (κ2) is 15.3. The summed E-state index contributed by atoms with van der Waals surface area (Å²) in [6.07, 6.45) is 7.39. The summed E-state index contributed by atoms with van der Waals surface area (Å²) < 4.78 is 11.2. The molecule has 0 bridgehead atoms. The molecule has 2 heterocycles. The van der Waals surface area contributed by atoms with Crippen LogP contribution in [0.3, 0.4) is 0 Å². The Morgan fingerprint density at radius 2 is 1.16 bits per heavy atom. The molecule has 0 unspecified atom stereocenters. The Balaban J connectivity index is 1.57. The molecule has 2 saturated heterocycles. The summed E-state index contributed by atoms with van der Waals surface area (Å²) in [6, 6.07) is 0. The molecule has 31 heavy (non-hydrogen) atoms. The maximum absolute atomic E-state index is 12.2. The van der Waals surface area contributed by atoms with Crippen molar-refractivity contribution in [2.45, 2.75) is 72.1 Å². The minimum Gasteiger partial charge on any atom is -0.465 e. The predicted molar refractivity (Wildman–Crippen MR) is 139 cm³/mol. The van der Waals surface area contributed by atoms with E-state index in [9.17, 15) is 9.59 Å². The SMILES string of the molecule is CC(C)C(C)(COC(=O)CCCCC1CSSC1)COC(=O)CCCCC1CSSC1. The lowest BCUT2D eigenvalue weighted by molar-refractivity contribution is -0.155. The smallest absolute Gasteiger partial charge is 0.305 e. The molecule has 2 aliphatic rings. The van der Waals surface area contributed by atoms with Gasteiger partial charge in [0.05, 0.1) is 0 Å². The van der Waals surface area contributed by atoms with Crippen LogP contribution in [-0.4, -0.2) is 48.2 Å². The fourth-order valence-corrected chi connectivity index (χ4v) is 9.48. The summed E-state index contributed by atoms with van der Waals surface area (Å²) in [5.41, 5.74) is -0.345. The van der Waals surface area contributed by atoms with Crippen molar-refractivity contribution in [2.24, 2.45) is 23.2 Å². The average molecular weight is 509 g/mol. The zero-order valence-corrected chi connectivity index (χ0v) is 22.7. The van der Waals surface area contributed by atoms with E-state index in [0.717, 1.165) is 37.5 Å². The summed E-state index contributed by atoms with van der Waals surface area (Å²) in [5, 5.41) is 0. The second-order valence-corrected chi connectivity index (χ2v) is 14.6. The second-order valence-electron chi connectivity index (χ2n) is 9.49. The van der Waals surface area contributed by atoms with Gasteiger partial charge in [0.2, 0.25) is 0 Å². The zero-order chi connectivity index (χ0) is 22.5. The highest BCUT2D eigenvalue weighted by atomic mass is 33.1. The molecule has 0 spiro atoms. The first-order valence-corrected chi connectivity index (χ1v) is 16.7. The number of esters is 2. The van der Waals surface area contributed by atoms with Gasteiger partial charge in [-0.1, -0.05) is 76.8 Å². The van der Waals surface area contributed by atoms with Crippen molar-refractivity contribution in [3.05, 3.63) is 0 Å². The van der Waals surface area contributed by atoms with Gasteiger partial charge in [-0.25, -0.2) is 0 Å². The van der Waals surface area contributed by atoms with Gasteiger partial charge in [-0.05, 0) is 43.4 Å². The summed E-state index contributed by atoms with van der Waals surface area (Å²) in [7, 11) is 7.86. The number of unbranched alkanes of at least 4 members (excludes halogenated alkanes) is 2. The van der Waals surface area contributed by atoms with E-state index in [1.165, 1.54) is 35.9 Å². The number of hydrogen-bond donors (Lipinski definition) is 0. The Bertz CT molecular complexity index is 492. The lowest BCUT2D eigenvalue weighted by atomic mass is 9.80. The molecule has 0 aliphatic carbocycles. The number of hydrogen-bond acceptors (Lipinski definition) is 8. The standard InChI is InChI=1S/C23H40O4S4/c1-18(2)23(3,16-26-21(24)10-6-4-8-19-12-28-29-13-19)17-27-22(25)11-7-5-9-20-14-30-31-15-20/h18-20H,4-17H2,1-3H3. The molecule has 8 heteroatoms. The quantitative estimate of drug-likeness (QED) is 0.135. The molecule has 4 nitrogen and oxygen atoms in total. The van der Waals surface area contributed by atoms with Gasteiger partial charge in [-0.3, -0.25) is 9.59 Å². The van der Waals surface area contributed by atoms with Crippen LogP contribution >= 0.6 is 43.2 Å². The lowest BCUT2D eigenvalue weighted by Crippen LogP contribution is -2.36. The van der Waals surface area contributed by atoms with Crippen molar-refractivity contribution >= 4 is 55.1 Å². The van der Waals surface area contributed by atoms with Gasteiger partial charge in [0, 0.05) is 41.3 Å². The first kappa shape index (κ1) is 27.6. The summed E-state index contributed by atoms with van der Waals surface area (Å²) >= 11 is 0. The summed E-state index contributed by atoms with van der Waals surface area (Å²) in [4.78, 5) is 24.4. The molecule has 0 N–H and O–H groups in total. The maximum atomic E-state index is 12.2. The van der Waals surface area contributed by atoms with Crippen molar-refractivity contribution in [2.75, 3.05) is 36.2 Å². The largest absolute Gasteiger partial charge is 0.465 e. The van der Waals surface area contributed by atoms with Gasteiger partial charge in [0.15, 0.2) is 0 Å². The molecular formula is C23H40O4S4. The molecule has 2 fully saturated rings. The monoisotopic (exact) mass is 508 g/mol. The molecule has 0 aromatic carbocycles. The molecule has 0 aromatic heterocycles. The molecule has 0 aromatic rings. The number of ether oxygens (including phenoxy) is 2. The van der Waals surface area contributed by atoms with Crippen LogP contribution in [0.15, 0.2) is 0 Å². The van der Waals surface area contributed by atoms with Crippen molar-refractivity contribution in [1.29, 1.82) is 0 Å². The van der Waals surface area contributed by atoms with Gasteiger partial charge in [-0.15, -0.1) is 0 Å². The van der Waals surface area contributed by atoms with Crippen LogP contribution in [0.5, 0.6) is 0 Å². The van der Waals surface area contributed by atoms with Gasteiger partial charge < -0.3 is 9.47 Å². The van der Waals surface area contributed by atoms with Crippen LogP contribution in [-0.2, 0) is 19.1 Å². The average Bonchev–Trinajstić information content (AvgIpc) is 3.45. The van der Waals surface area contributed by atoms with E-state index in [0.29, 0.717) is 26.1 Å². The van der Waals surface area contributed by atoms with Crippen molar-refractivity contribution in [3.63, 3.8) is 0 Å². The maximum Gasteiger partial charge on any atom is 0.305 e. The van der Waals surface area contributed by atoms with Gasteiger partial charge >= 0.3 is 11.9 Å². The van der Waals surface area contributed by atoms with E-state index < -0.39 is 0 Å². The van der Waals surface area contributed by atoms with Gasteiger partial charge in [0.25, 0.3) is 0 Å². The highest BCUT2D eigenvalue weighted by Crippen LogP contribution is 2.37. The first-order valence-electron chi connectivity index (χ1n) is 11.7. The molecule has 0 amide bonds. The third-order valence-electron chi connectivity index (χ3n) is 6.39. The minimum absolute atomic E-state index is 0.128. The van der Waals surface area contributed by atoms with Crippen LogP contribution in [0.1, 0.15) is 72.1 Å². The van der Waals surface area contributed by atoms with Crippen LogP contribution in [0.25, 0.3) is 0 Å². The molecule has 180 valence electrons. The van der Waals surface area contributed by atoms with Gasteiger partial charge in [0.1, 0.15) is 13.2 Å². The van der Waals surface area contributed by atoms with E-state index in [2.05, 4.69) is 13.8 Å². The Labute approximate surface area is 205 Å². The number of carbonyl (C=O) groups is 2. The third kappa shape index (κ3) is 11.3. The van der Waals surface area contributed by atoms with Gasteiger partial charge in [-0.2, -0.15) is 0 Å². The van der Waals surface area contributed by atoms with Crippen molar-refractivity contribution in [3.8, 4) is 0 Å². The highest BCUT2D eigenvalue weighted by Gasteiger charge is 2.32. The van der Waals surface area contributed by atoms with E-state index in [1.807, 2.05) is 50.1 Å². The molecule has 0 atom stereocenters. The van der Waals surface area contributed by atoms with Crippen LogP contribution in [0.2, 0.25) is 0 Å². The Morgan fingerprint density at radius 3 is 1.52 bits per heavy atom. The fourth-order valence-electron chi connectivity index (χ4n) is 3.42. The fraction of sp³-hybridized carbons (Fsp3) is 0.913. The topological polar surface area (TPSA) is 52.6 Å². The molecule has 0 radical (unpaired) electrons. The van der Waals surface area contributed by atoms with E-state index in [-0.39, 0.29) is 23.3 Å². The summed E-state index contributed by atoms with van der Waals surface area (Å²) in [6.45, 7) is 6.85. The highest BCUT2D eigenvalue weighted by molar-refractivity contribution is 8.77. The van der Waals surface area contributed by atoms with Crippen LogP contribution in [0.4, 0.5) is 0 Å². The van der Waals surface area contributed by atoms with Crippen LogP contribution in [0, 0.1) is 23.2 Å². The molecule has 2 rings (SSSR count). The first-order chi connectivity index (χ1) is 14.9. The van der Waals surface area contributed by atoms with Crippen molar-refractivity contribution in [1.82, 2.24) is 0 Å². The van der Waals surface area contributed by atoms with Crippen molar-refractivity contribution < 1.29 is 19.1 Å². The van der Waals surface area contributed by atoms with E-state index >= 15 is 0 Å². The number of rotatable bonds is 15. The summed E-state index contributed by atoms with van der Waals surface area (Å²) in [5.74, 6) is 6.62.